The predicted octanol–water partition coefficient (Wildman–Crippen LogP) is 5.62. The topological polar surface area (TPSA) is 73.1 Å². The molecule has 1 fully saturated rings. The van der Waals surface area contributed by atoms with Crippen molar-refractivity contribution in [3.8, 4) is 17.2 Å². The van der Waals surface area contributed by atoms with E-state index >= 15 is 0 Å². The molecule has 1 aliphatic heterocycles. The van der Waals surface area contributed by atoms with E-state index in [2.05, 4.69) is 20.9 Å². The molecule has 0 aliphatic carbocycles. The highest BCUT2D eigenvalue weighted by atomic mass is 35.5. The van der Waals surface area contributed by atoms with E-state index in [1.54, 1.807) is 41.3 Å². The summed E-state index contributed by atoms with van der Waals surface area (Å²) in [6.45, 7) is 8.11. The van der Waals surface area contributed by atoms with Crippen LogP contribution in [0.15, 0.2) is 54.4 Å². The van der Waals surface area contributed by atoms with Crippen LogP contribution >= 0.6 is 11.6 Å². The number of nitrogens with zero attached hydrogens (tertiary/aromatic N) is 5. The Balaban J connectivity index is 1.57. The summed E-state index contributed by atoms with van der Waals surface area (Å²) in [5, 5.41) is 10.7. The van der Waals surface area contributed by atoms with Gasteiger partial charge in [-0.15, -0.1) is 0 Å². The van der Waals surface area contributed by atoms with Crippen LogP contribution in [0.1, 0.15) is 27.2 Å². The quantitative estimate of drug-likeness (QED) is 0.342. The van der Waals surface area contributed by atoms with Crippen molar-refractivity contribution in [2.24, 2.45) is 5.41 Å². The summed E-state index contributed by atoms with van der Waals surface area (Å²) in [6, 6.07) is 12.1. The highest BCUT2D eigenvalue weighted by molar-refractivity contribution is 6.34. The summed E-state index contributed by atoms with van der Waals surface area (Å²) in [4.78, 5) is 25.6. The fraction of sp³-hybridized carbons (Fsp3) is 0.333. The number of amides is 1. The smallest absolute Gasteiger partial charge is 0.264 e. The van der Waals surface area contributed by atoms with Gasteiger partial charge in [-0.05, 0) is 30.0 Å². The van der Waals surface area contributed by atoms with Gasteiger partial charge in [-0.25, -0.2) is 14.4 Å². The lowest BCUT2D eigenvalue weighted by atomic mass is 9.88. The summed E-state index contributed by atoms with van der Waals surface area (Å²) in [6.07, 6.45) is 4.09. The first-order chi connectivity index (χ1) is 16.7. The second-order valence-electron chi connectivity index (χ2n) is 9.32. The van der Waals surface area contributed by atoms with Gasteiger partial charge in [0.05, 0.1) is 5.52 Å². The lowest BCUT2D eigenvalue weighted by Gasteiger charge is -2.36. The molecule has 1 aliphatic rings. The molecular weight excluding hydrogens is 465 g/mol. The fourth-order valence-corrected chi connectivity index (χ4v) is 4.39. The average molecular weight is 492 g/mol. The van der Waals surface area contributed by atoms with Gasteiger partial charge in [0.25, 0.3) is 5.91 Å². The normalized spacial score (nSPS) is 14.8. The maximum Gasteiger partial charge on any atom is 0.264 e. The first-order valence-electron chi connectivity index (χ1n) is 11.6. The van der Waals surface area contributed by atoms with Crippen LogP contribution in [0.3, 0.4) is 0 Å². The molecule has 0 saturated carbocycles. The Bertz CT molecular complexity index is 1340. The number of fused-ring (bicyclic) bond motifs is 1. The van der Waals surface area contributed by atoms with Gasteiger partial charge in [0.15, 0.2) is 0 Å². The average Bonchev–Trinajstić information content (AvgIpc) is 2.87. The molecule has 0 bridgehead atoms. The van der Waals surface area contributed by atoms with E-state index in [9.17, 15) is 14.4 Å². The molecule has 4 rings (SSSR count). The number of rotatable bonds is 5. The SMILES string of the molecule is CCC(C)(C)/C=C(\C#N)C(=O)N1CCN(c2ncnc3cc(-c4ccccc4F)c(Cl)cc23)CC1. The summed E-state index contributed by atoms with van der Waals surface area (Å²) < 4.78 is 14.4. The van der Waals surface area contributed by atoms with Gasteiger partial charge < -0.3 is 9.80 Å². The lowest BCUT2D eigenvalue weighted by molar-refractivity contribution is -0.127. The Morgan fingerprint density at radius 1 is 1.17 bits per heavy atom. The fourth-order valence-electron chi connectivity index (χ4n) is 4.13. The molecule has 6 nitrogen and oxygen atoms in total. The number of carbonyl (C=O) groups excluding carboxylic acids is 1. The van der Waals surface area contributed by atoms with Crippen molar-refractivity contribution in [3.63, 3.8) is 0 Å². The van der Waals surface area contributed by atoms with E-state index in [0.717, 1.165) is 11.8 Å². The van der Waals surface area contributed by atoms with E-state index in [0.29, 0.717) is 53.7 Å². The van der Waals surface area contributed by atoms with Gasteiger partial charge in [0.1, 0.15) is 29.6 Å². The summed E-state index contributed by atoms with van der Waals surface area (Å²) in [5.41, 5.74) is 1.61. The number of piperazine rings is 1. The zero-order valence-corrected chi connectivity index (χ0v) is 20.8. The number of nitriles is 1. The molecule has 0 spiro atoms. The van der Waals surface area contributed by atoms with E-state index in [1.165, 1.54) is 12.4 Å². The minimum Gasteiger partial charge on any atom is -0.352 e. The monoisotopic (exact) mass is 491 g/mol. The maximum atomic E-state index is 14.4. The first-order valence-corrected chi connectivity index (χ1v) is 12.0. The zero-order chi connectivity index (χ0) is 25.2. The summed E-state index contributed by atoms with van der Waals surface area (Å²) in [7, 11) is 0. The number of anilines is 1. The minimum absolute atomic E-state index is 0.185. The van der Waals surface area contributed by atoms with Crippen LogP contribution in [0.5, 0.6) is 0 Å². The molecule has 3 aromatic rings. The second-order valence-corrected chi connectivity index (χ2v) is 9.72. The Hall–Kier alpha value is -3.50. The van der Waals surface area contributed by atoms with Crippen LogP contribution in [-0.2, 0) is 4.79 Å². The van der Waals surface area contributed by atoms with E-state index in [4.69, 9.17) is 11.6 Å². The highest BCUT2D eigenvalue weighted by Crippen LogP contribution is 2.35. The third-order valence-electron chi connectivity index (χ3n) is 6.53. The van der Waals surface area contributed by atoms with Crippen LogP contribution in [-0.4, -0.2) is 47.0 Å². The molecule has 8 heteroatoms. The lowest BCUT2D eigenvalue weighted by Crippen LogP contribution is -2.49. The molecule has 35 heavy (non-hydrogen) atoms. The molecule has 2 heterocycles. The predicted molar refractivity (Wildman–Crippen MR) is 137 cm³/mol. The van der Waals surface area contributed by atoms with Gasteiger partial charge in [-0.1, -0.05) is 56.6 Å². The molecule has 1 amide bonds. The van der Waals surface area contributed by atoms with Crippen LogP contribution in [0.2, 0.25) is 5.02 Å². The van der Waals surface area contributed by atoms with E-state index in [-0.39, 0.29) is 22.7 Å². The van der Waals surface area contributed by atoms with Crippen molar-refractivity contribution in [2.75, 3.05) is 31.1 Å². The number of carbonyl (C=O) groups is 1. The largest absolute Gasteiger partial charge is 0.352 e. The third-order valence-corrected chi connectivity index (χ3v) is 6.84. The zero-order valence-electron chi connectivity index (χ0n) is 20.1. The van der Waals surface area contributed by atoms with Crippen molar-refractivity contribution in [1.82, 2.24) is 14.9 Å². The Morgan fingerprint density at radius 2 is 1.89 bits per heavy atom. The van der Waals surface area contributed by atoms with Crippen LogP contribution in [0.25, 0.3) is 22.0 Å². The van der Waals surface area contributed by atoms with Crippen LogP contribution in [0.4, 0.5) is 10.2 Å². The second kappa shape index (κ2) is 10.0. The molecule has 0 N–H and O–H groups in total. The van der Waals surface area contributed by atoms with Gasteiger partial charge in [-0.2, -0.15) is 5.26 Å². The van der Waals surface area contributed by atoms with E-state index in [1.807, 2.05) is 20.8 Å². The van der Waals surface area contributed by atoms with Gasteiger partial charge in [-0.3, -0.25) is 4.79 Å². The van der Waals surface area contributed by atoms with Crippen molar-refractivity contribution in [2.45, 2.75) is 27.2 Å². The number of hydrogen-bond donors (Lipinski definition) is 0. The van der Waals surface area contributed by atoms with Gasteiger partial charge in [0, 0.05) is 47.7 Å². The van der Waals surface area contributed by atoms with Gasteiger partial charge >= 0.3 is 0 Å². The first kappa shape index (κ1) is 24.6. The number of allylic oxidation sites excluding steroid dienone is 1. The molecule has 0 radical (unpaired) electrons. The van der Waals surface area contributed by atoms with Crippen molar-refractivity contribution in [3.05, 3.63) is 65.2 Å². The highest BCUT2D eigenvalue weighted by Gasteiger charge is 2.27. The maximum absolute atomic E-state index is 14.4. The number of aromatic nitrogens is 2. The van der Waals surface area contributed by atoms with Crippen LogP contribution in [0, 0.1) is 22.6 Å². The van der Waals surface area contributed by atoms with Crippen LogP contribution < -0.4 is 4.90 Å². The van der Waals surface area contributed by atoms with Gasteiger partial charge in [0.2, 0.25) is 0 Å². The van der Waals surface area contributed by atoms with Crippen molar-refractivity contribution >= 4 is 34.2 Å². The Labute approximate surface area is 209 Å². The Kier molecular flexibility index (Phi) is 7.04. The molecule has 1 saturated heterocycles. The molecule has 0 atom stereocenters. The number of halogens is 2. The van der Waals surface area contributed by atoms with E-state index < -0.39 is 0 Å². The Morgan fingerprint density at radius 3 is 2.54 bits per heavy atom. The standard InChI is InChI=1S/C27H27ClFN5O/c1-4-27(2,3)15-18(16-30)26(35)34-11-9-33(10-12-34)25-21-13-22(28)20(14-24(21)31-17-32-25)19-7-5-6-8-23(19)29/h5-8,13-15,17H,4,9-12H2,1-3H3/b18-15+. The number of hydrogen-bond acceptors (Lipinski definition) is 5. The number of benzene rings is 2. The van der Waals surface area contributed by atoms with Crippen molar-refractivity contribution in [1.29, 1.82) is 5.26 Å². The molecule has 2 aromatic carbocycles. The minimum atomic E-state index is -0.350. The molecule has 1 aromatic heterocycles. The molecular formula is C27H27ClFN5O. The molecule has 0 unspecified atom stereocenters. The summed E-state index contributed by atoms with van der Waals surface area (Å²) in [5.74, 6) is 0.128. The summed E-state index contributed by atoms with van der Waals surface area (Å²) >= 11 is 6.57. The third kappa shape index (κ3) is 5.13. The molecule has 180 valence electrons. The van der Waals surface area contributed by atoms with Crippen molar-refractivity contribution < 1.29 is 9.18 Å².